The van der Waals surface area contributed by atoms with E-state index in [-0.39, 0.29) is 6.61 Å². The predicted octanol–water partition coefficient (Wildman–Crippen LogP) is 3.14. The minimum atomic E-state index is -0.112. The van der Waals surface area contributed by atoms with E-state index < -0.39 is 0 Å². The van der Waals surface area contributed by atoms with Gasteiger partial charge in [0.05, 0.1) is 19.4 Å². The molecule has 0 saturated heterocycles. The zero-order valence-electron chi connectivity index (χ0n) is 13.2. The Labute approximate surface area is 133 Å². The Hall–Kier alpha value is -1.92. The molecule has 0 bridgehead atoms. The Morgan fingerprint density at radius 3 is 2.73 bits per heavy atom. The van der Waals surface area contributed by atoms with Crippen molar-refractivity contribution in [2.75, 3.05) is 7.11 Å². The molecule has 0 aliphatic carbocycles. The summed E-state index contributed by atoms with van der Waals surface area (Å²) in [5.41, 5.74) is 4.54. The summed E-state index contributed by atoms with van der Waals surface area (Å²) in [5.74, 6) is 0.793. The van der Waals surface area contributed by atoms with Gasteiger partial charge >= 0.3 is 0 Å². The quantitative estimate of drug-likeness (QED) is 0.803. The van der Waals surface area contributed by atoms with Crippen molar-refractivity contribution in [2.24, 2.45) is 0 Å². The van der Waals surface area contributed by atoms with E-state index in [2.05, 4.69) is 18.1 Å². The van der Waals surface area contributed by atoms with Crippen molar-refractivity contribution < 1.29 is 9.84 Å². The van der Waals surface area contributed by atoms with E-state index in [9.17, 15) is 5.11 Å². The molecule has 3 aromatic rings. The highest BCUT2D eigenvalue weighted by Gasteiger charge is 2.20. The molecule has 0 aliphatic rings. The normalized spacial score (nSPS) is 11.3. The van der Waals surface area contributed by atoms with Gasteiger partial charge in [-0.1, -0.05) is 24.3 Å². The lowest BCUT2D eigenvalue weighted by atomic mass is 10.0. The Balaban J connectivity index is 2.28. The number of hydrogen-bond donors (Lipinski definition) is 1. The average Bonchev–Trinajstić information content (AvgIpc) is 3.02. The van der Waals surface area contributed by atoms with Crippen LogP contribution in [0.2, 0.25) is 0 Å². The maximum atomic E-state index is 9.81. The number of imidazole rings is 1. The maximum absolute atomic E-state index is 9.81. The molecule has 0 fully saturated rings. The highest BCUT2D eigenvalue weighted by atomic mass is 32.1. The van der Waals surface area contributed by atoms with Crippen LogP contribution in [0.25, 0.3) is 16.2 Å². The fourth-order valence-electron chi connectivity index (χ4n) is 2.73. The van der Waals surface area contributed by atoms with E-state index in [1.165, 1.54) is 0 Å². The van der Waals surface area contributed by atoms with E-state index >= 15 is 0 Å². The molecule has 6 heteroatoms. The molecule has 22 heavy (non-hydrogen) atoms. The van der Waals surface area contributed by atoms with Gasteiger partial charge in [0.15, 0.2) is 0 Å². The first kappa shape index (κ1) is 15.0. The number of aromatic nitrogens is 3. The second kappa shape index (κ2) is 5.70. The highest BCUT2D eigenvalue weighted by Crippen LogP contribution is 2.36. The molecule has 3 rings (SSSR count). The standard InChI is InChI=1S/C16H19N3O2S/c1-5-13-18-19-12(8-20)14(17-16(19)22-13)11-7-9(2)6-10(3)15(11)21-4/h6-7,20H,5,8H2,1-4H3. The number of nitrogens with zero attached hydrogens (tertiary/aromatic N) is 3. The second-order valence-corrected chi connectivity index (χ2v) is 6.31. The molecule has 5 nitrogen and oxygen atoms in total. The molecule has 0 atom stereocenters. The van der Waals surface area contributed by atoms with Crippen molar-refractivity contribution in [2.45, 2.75) is 33.8 Å². The van der Waals surface area contributed by atoms with E-state index in [0.29, 0.717) is 5.69 Å². The van der Waals surface area contributed by atoms with Crippen LogP contribution in [0.5, 0.6) is 5.75 Å². The molecule has 2 aromatic heterocycles. The third-order valence-electron chi connectivity index (χ3n) is 3.67. The third kappa shape index (κ3) is 2.28. The first-order chi connectivity index (χ1) is 10.6. The lowest BCUT2D eigenvalue weighted by molar-refractivity contribution is 0.275. The second-order valence-electron chi connectivity index (χ2n) is 5.27. The van der Waals surface area contributed by atoms with E-state index in [0.717, 1.165) is 44.5 Å². The van der Waals surface area contributed by atoms with Crippen LogP contribution in [0.15, 0.2) is 12.1 Å². The van der Waals surface area contributed by atoms with Crippen LogP contribution in [-0.2, 0) is 13.0 Å². The fourth-order valence-corrected chi connectivity index (χ4v) is 3.58. The topological polar surface area (TPSA) is 59.7 Å². The molecule has 0 amide bonds. The summed E-state index contributed by atoms with van der Waals surface area (Å²) >= 11 is 1.55. The largest absolute Gasteiger partial charge is 0.496 e. The molecule has 1 aromatic carbocycles. The van der Waals surface area contributed by atoms with Gasteiger partial charge in [-0.3, -0.25) is 0 Å². The first-order valence-electron chi connectivity index (χ1n) is 7.22. The van der Waals surface area contributed by atoms with Gasteiger partial charge in [0, 0.05) is 5.56 Å². The van der Waals surface area contributed by atoms with Gasteiger partial charge in [-0.2, -0.15) is 5.10 Å². The average molecular weight is 317 g/mol. The summed E-state index contributed by atoms with van der Waals surface area (Å²) in [6.45, 7) is 6.00. The van der Waals surface area contributed by atoms with Gasteiger partial charge < -0.3 is 9.84 Å². The lowest BCUT2D eigenvalue weighted by Gasteiger charge is -2.12. The molecule has 116 valence electrons. The minimum Gasteiger partial charge on any atom is -0.496 e. The molecule has 0 saturated carbocycles. The Kier molecular flexibility index (Phi) is 3.88. The third-order valence-corrected chi connectivity index (χ3v) is 4.72. The lowest BCUT2D eigenvalue weighted by Crippen LogP contribution is -1.99. The van der Waals surface area contributed by atoms with E-state index in [4.69, 9.17) is 9.72 Å². The molecule has 0 unspecified atom stereocenters. The Bertz CT molecular complexity index is 836. The van der Waals surface area contributed by atoms with Gasteiger partial charge in [0.2, 0.25) is 4.96 Å². The number of aryl methyl sites for hydroxylation is 3. The Morgan fingerprint density at radius 2 is 2.09 bits per heavy atom. The number of rotatable bonds is 4. The highest BCUT2D eigenvalue weighted by molar-refractivity contribution is 7.16. The monoisotopic (exact) mass is 317 g/mol. The molecule has 0 aliphatic heterocycles. The van der Waals surface area contributed by atoms with Crippen LogP contribution in [0.3, 0.4) is 0 Å². The summed E-state index contributed by atoms with van der Waals surface area (Å²) in [5, 5.41) is 15.3. The number of aliphatic hydroxyl groups excluding tert-OH is 1. The minimum absolute atomic E-state index is 0.112. The smallest absolute Gasteiger partial charge is 0.213 e. The van der Waals surface area contributed by atoms with Gasteiger partial charge in [-0.25, -0.2) is 9.50 Å². The summed E-state index contributed by atoms with van der Waals surface area (Å²) in [6.07, 6.45) is 0.862. The van der Waals surface area contributed by atoms with Crippen LogP contribution in [-0.4, -0.2) is 26.8 Å². The van der Waals surface area contributed by atoms with Crippen molar-refractivity contribution >= 4 is 16.3 Å². The molecule has 2 heterocycles. The Morgan fingerprint density at radius 1 is 1.32 bits per heavy atom. The fraction of sp³-hybridized carbons (Fsp3) is 0.375. The first-order valence-corrected chi connectivity index (χ1v) is 8.04. The number of hydrogen-bond acceptors (Lipinski definition) is 5. The van der Waals surface area contributed by atoms with Crippen LogP contribution >= 0.6 is 11.3 Å². The van der Waals surface area contributed by atoms with Crippen LogP contribution < -0.4 is 4.74 Å². The van der Waals surface area contributed by atoms with Gasteiger partial charge in [-0.15, -0.1) is 0 Å². The SMILES string of the molecule is CCc1nn2c(CO)c(-c3cc(C)cc(C)c3OC)nc2s1. The summed E-state index contributed by atoms with van der Waals surface area (Å²) in [7, 11) is 1.66. The number of methoxy groups -OCH3 is 1. The van der Waals surface area contributed by atoms with Crippen LogP contribution in [0, 0.1) is 13.8 Å². The molecular weight excluding hydrogens is 298 g/mol. The molecular formula is C16H19N3O2S. The number of ether oxygens (including phenoxy) is 1. The molecule has 0 radical (unpaired) electrons. The summed E-state index contributed by atoms with van der Waals surface area (Å²) < 4.78 is 7.30. The van der Waals surface area contributed by atoms with Crippen molar-refractivity contribution in [3.8, 4) is 17.0 Å². The summed E-state index contributed by atoms with van der Waals surface area (Å²) in [4.78, 5) is 5.50. The predicted molar refractivity (Wildman–Crippen MR) is 87.6 cm³/mol. The van der Waals surface area contributed by atoms with E-state index in [1.54, 1.807) is 23.0 Å². The van der Waals surface area contributed by atoms with E-state index in [1.807, 2.05) is 19.9 Å². The zero-order valence-corrected chi connectivity index (χ0v) is 14.0. The van der Waals surface area contributed by atoms with Crippen molar-refractivity contribution in [1.29, 1.82) is 0 Å². The van der Waals surface area contributed by atoms with Crippen molar-refractivity contribution in [3.05, 3.63) is 34.0 Å². The van der Waals surface area contributed by atoms with Crippen LogP contribution in [0.4, 0.5) is 0 Å². The number of benzene rings is 1. The van der Waals surface area contributed by atoms with Gasteiger partial charge in [0.25, 0.3) is 0 Å². The van der Waals surface area contributed by atoms with Crippen LogP contribution in [0.1, 0.15) is 28.8 Å². The van der Waals surface area contributed by atoms with Gasteiger partial charge in [0.1, 0.15) is 16.5 Å². The summed E-state index contributed by atoms with van der Waals surface area (Å²) in [6, 6.07) is 4.12. The number of fused-ring (bicyclic) bond motifs is 1. The molecule has 0 spiro atoms. The molecule has 1 N–H and O–H groups in total. The maximum Gasteiger partial charge on any atom is 0.213 e. The van der Waals surface area contributed by atoms with Crippen molar-refractivity contribution in [3.63, 3.8) is 0 Å². The van der Waals surface area contributed by atoms with Gasteiger partial charge in [-0.05, 0) is 37.5 Å². The van der Waals surface area contributed by atoms with Crippen molar-refractivity contribution in [1.82, 2.24) is 14.6 Å². The zero-order chi connectivity index (χ0) is 15.9. The number of aliphatic hydroxyl groups is 1.